The Morgan fingerprint density at radius 3 is 2.43 bits per heavy atom. The van der Waals surface area contributed by atoms with Gasteiger partial charge in [0.2, 0.25) is 17.7 Å². The van der Waals surface area contributed by atoms with Crippen LogP contribution < -0.4 is 10.6 Å². The van der Waals surface area contributed by atoms with E-state index in [1.165, 1.54) is 11.0 Å². The van der Waals surface area contributed by atoms with Gasteiger partial charge in [-0.2, -0.15) is 0 Å². The number of carbonyl (C=O) groups excluding carboxylic acids is 4. The number of likely N-dealkylation sites (N-methyl/N-ethyl adjacent to an activating group) is 1. The molecular weight excluding hydrogens is 664 g/mol. The maximum atomic E-state index is 14.3. The number of H-pyrrole nitrogens is 1. The normalized spacial score (nSPS) is 26.9. The lowest BCUT2D eigenvalue weighted by Crippen LogP contribution is -2.55. The number of phenolic OH excluding ortho intramolecular Hbond substituents is 1. The van der Waals surface area contributed by atoms with E-state index in [9.17, 15) is 24.3 Å². The minimum absolute atomic E-state index is 0.0118. The number of benzene rings is 2. The molecule has 2 heterocycles. The number of allylic oxidation sites excluding steroid dienone is 1. The Morgan fingerprint density at radius 2 is 1.72 bits per heavy atom. The van der Waals surface area contributed by atoms with E-state index < -0.39 is 47.9 Å². The zero-order chi connectivity index (χ0) is 34.4. The molecule has 0 fully saturated rings. The number of rotatable bonds is 4. The summed E-state index contributed by atoms with van der Waals surface area (Å²) in [6.45, 7) is 9.28. The van der Waals surface area contributed by atoms with Crippen LogP contribution in [0.2, 0.25) is 0 Å². The maximum absolute atomic E-state index is 14.3. The highest BCUT2D eigenvalue weighted by Gasteiger charge is 2.34. The molecule has 252 valence electrons. The molecule has 3 aromatic rings. The van der Waals surface area contributed by atoms with Crippen molar-refractivity contribution in [3.05, 3.63) is 75.9 Å². The highest BCUT2D eigenvalue weighted by Crippen LogP contribution is 2.30. The van der Waals surface area contributed by atoms with Crippen molar-refractivity contribution >= 4 is 50.5 Å². The van der Waals surface area contributed by atoms with Gasteiger partial charge in [-0.15, -0.1) is 0 Å². The summed E-state index contributed by atoms with van der Waals surface area (Å²) < 4.78 is 6.37. The molecule has 0 saturated heterocycles. The van der Waals surface area contributed by atoms with E-state index in [4.69, 9.17) is 4.74 Å². The molecule has 0 bridgehead atoms. The molecule has 1 aliphatic rings. The second-order valence-corrected chi connectivity index (χ2v) is 13.5. The number of esters is 1. The Hall–Kier alpha value is -4.12. The van der Waals surface area contributed by atoms with Crippen LogP contribution >= 0.6 is 15.9 Å². The minimum Gasteiger partial charge on any atom is -0.507 e. The highest BCUT2D eigenvalue weighted by molar-refractivity contribution is 9.10. The number of carbonyl (C=O) groups is 4. The number of aromatic nitrogens is 1. The van der Waals surface area contributed by atoms with Gasteiger partial charge in [-0.05, 0) is 71.9 Å². The molecule has 47 heavy (non-hydrogen) atoms. The molecule has 2 aromatic carbocycles. The molecule has 0 spiro atoms. The first-order valence-electron chi connectivity index (χ1n) is 16.1. The molecule has 11 heteroatoms. The summed E-state index contributed by atoms with van der Waals surface area (Å²) in [7, 11) is 1.55. The molecule has 0 radical (unpaired) electrons. The van der Waals surface area contributed by atoms with E-state index in [0.29, 0.717) is 22.9 Å². The van der Waals surface area contributed by atoms with Gasteiger partial charge in [0, 0.05) is 42.4 Å². The van der Waals surface area contributed by atoms with E-state index in [-0.39, 0.29) is 30.4 Å². The van der Waals surface area contributed by atoms with Crippen LogP contribution in [-0.4, -0.2) is 63.9 Å². The Kier molecular flexibility index (Phi) is 11.9. The van der Waals surface area contributed by atoms with Crippen molar-refractivity contribution < 1.29 is 29.0 Å². The summed E-state index contributed by atoms with van der Waals surface area (Å²) in [4.78, 5) is 59.3. The van der Waals surface area contributed by atoms with Gasteiger partial charge < -0.3 is 30.4 Å². The summed E-state index contributed by atoms with van der Waals surface area (Å²) in [5.74, 6) is -2.20. The molecule has 6 atom stereocenters. The Morgan fingerprint density at radius 1 is 1.00 bits per heavy atom. The standard InChI is InChI=1S/C36H45BrN4O6/c1-7-32-21(3)14-20(2)15-22(4)34(44)39-23(5)36(46)41(6)30(17-25-19-38-28-11-9-8-10-26(25)28)35(45)40-29(18-33(43)47-32)24-12-13-31(42)27(37)16-24/h8-14,16,19,21-23,29-30,32,38,42H,7,15,17-18H2,1-6H3,(H,39,44)(H,40,45)/b20-14-/t21-,22-,23-,29+,30+,32+/m0/s1. The smallest absolute Gasteiger partial charge is 0.308 e. The largest absolute Gasteiger partial charge is 0.507 e. The van der Waals surface area contributed by atoms with E-state index >= 15 is 0 Å². The molecule has 10 nitrogen and oxygen atoms in total. The number of halogens is 1. The lowest BCUT2D eigenvalue weighted by atomic mass is 9.94. The number of nitrogens with zero attached hydrogens (tertiary/aromatic N) is 1. The van der Waals surface area contributed by atoms with Crippen LogP contribution in [0.4, 0.5) is 0 Å². The lowest BCUT2D eigenvalue weighted by molar-refractivity contribution is -0.152. The molecule has 1 aromatic heterocycles. The number of para-hydroxylation sites is 1. The Labute approximate surface area is 284 Å². The Balaban J connectivity index is 1.76. The minimum atomic E-state index is -0.995. The van der Waals surface area contributed by atoms with E-state index in [1.807, 2.05) is 64.2 Å². The highest BCUT2D eigenvalue weighted by atomic mass is 79.9. The van der Waals surface area contributed by atoms with Crippen LogP contribution in [0, 0.1) is 11.8 Å². The fourth-order valence-electron chi connectivity index (χ4n) is 6.20. The maximum Gasteiger partial charge on any atom is 0.308 e. The van der Waals surface area contributed by atoms with Crippen LogP contribution in [0.15, 0.2) is 64.8 Å². The van der Waals surface area contributed by atoms with Gasteiger partial charge in [0.05, 0.1) is 16.9 Å². The van der Waals surface area contributed by atoms with Crippen molar-refractivity contribution in [1.82, 2.24) is 20.5 Å². The zero-order valence-electron chi connectivity index (χ0n) is 27.8. The molecule has 3 amide bonds. The first kappa shape index (κ1) is 35.7. The first-order chi connectivity index (χ1) is 22.3. The van der Waals surface area contributed by atoms with Crippen LogP contribution in [-0.2, 0) is 30.3 Å². The van der Waals surface area contributed by atoms with Gasteiger partial charge >= 0.3 is 5.97 Å². The van der Waals surface area contributed by atoms with Gasteiger partial charge in [0.15, 0.2) is 0 Å². The van der Waals surface area contributed by atoms with Crippen molar-refractivity contribution in [2.45, 2.75) is 84.5 Å². The molecule has 1 aliphatic heterocycles. The number of aromatic amines is 1. The van der Waals surface area contributed by atoms with Gasteiger partial charge in [0.25, 0.3) is 0 Å². The predicted octanol–water partition coefficient (Wildman–Crippen LogP) is 5.70. The third-order valence-electron chi connectivity index (χ3n) is 8.89. The summed E-state index contributed by atoms with van der Waals surface area (Å²) >= 11 is 3.34. The van der Waals surface area contributed by atoms with Crippen molar-refractivity contribution in [2.24, 2.45) is 11.8 Å². The summed E-state index contributed by atoms with van der Waals surface area (Å²) in [6, 6.07) is 9.74. The number of phenols is 1. The number of nitrogens with one attached hydrogen (secondary N) is 3. The van der Waals surface area contributed by atoms with Crippen LogP contribution in [0.1, 0.15) is 71.0 Å². The first-order valence-corrected chi connectivity index (χ1v) is 16.9. The second-order valence-electron chi connectivity index (χ2n) is 12.6. The number of fused-ring (bicyclic) bond motifs is 1. The molecule has 0 unspecified atom stereocenters. The SMILES string of the molecule is CC[C@H]1OC(=O)C[C@H](c2ccc(O)c(Br)c2)NC(=O)[C@@H](Cc2c[nH]c3ccccc23)N(C)C(=O)[C@H](C)NC(=O)[C@@H](C)C/C(C)=C\[C@@H]1C. The van der Waals surface area contributed by atoms with Gasteiger partial charge in [-0.3, -0.25) is 19.2 Å². The topological polar surface area (TPSA) is 141 Å². The van der Waals surface area contributed by atoms with Crippen molar-refractivity contribution in [3.8, 4) is 5.75 Å². The average Bonchev–Trinajstić information content (AvgIpc) is 3.44. The quantitative estimate of drug-likeness (QED) is 0.202. The molecule has 0 saturated carbocycles. The van der Waals surface area contributed by atoms with Gasteiger partial charge in [-0.25, -0.2) is 0 Å². The second kappa shape index (κ2) is 15.6. The fraction of sp³-hybridized carbons (Fsp3) is 0.444. The fourth-order valence-corrected chi connectivity index (χ4v) is 6.59. The van der Waals surface area contributed by atoms with E-state index in [0.717, 1.165) is 22.0 Å². The third kappa shape index (κ3) is 8.82. The van der Waals surface area contributed by atoms with E-state index in [2.05, 4.69) is 31.5 Å². The van der Waals surface area contributed by atoms with Gasteiger partial charge in [-0.1, -0.05) is 56.7 Å². The van der Waals surface area contributed by atoms with E-state index in [1.54, 1.807) is 26.1 Å². The summed E-state index contributed by atoms with van der Waals surface area (Å²) in [5, 5.41) is 16.9. The lowest BCUT2D eigenvalue weighted by Gasteiger charge is -2.32. The molecule has 0 aliphatic carbocycles. The van der Waals surface area contributed by atoms with Crippen LogP contribution in [0.5, 0.6) is 5.75 Å². The van der Waals surface area contributed by atoms with Crippen molar-refractivity contribution in [1.29, 1.82) is 0 Å². The van der Waals surface area contributed by atoms with Crippen molar-refractivity contribution in [2.75, 3.05) is 7.05 Å². The van der Waals surface area contributed by atoms with Crippen molar-refractivity contribution in [3.63, 3.8) is 0 Å². The zero-order valence-corrected chi connectivity index (χ0v) is 29.4. The number of cyclic esters (lactones) is 1. The van der Waals surface area contributed by atoms with Crippen LogP contribution in [0.3, 0.4) is 0 Å². The number of amides is 3. The van der Waals surface area contributed by atoms with Crippen LogP contribution in [0.25, 0.3) is 10.9 Å². The number of hydrogen-bond acceptors (Lipinski definition) is 6. The predicted molar refractivity (Wildman–Crippen MR) is 184 cm³/mol. The molecular formula is C36H45BrN4O6. The number of aromatic hydroxyl groups is 1. The summed E-state index contributed by atoms with van der Waals surface area (Å²) in [6.07, 6.45) is 4.47. The number of hydrogen-bond donors (Lipinski definition) is 4. The summed E-state index contributed by atoms with van der Waals surface area (Å²) in [5.41, 5.74) is 3.27. The molecule has 4 N–H and O–H groups in total. The monoisotopic (exact) mass is 708 g/mol. The third-order valence-corrected chi connectivity index (χ3v) is 9.53. The molecule has 4 rings (SSSR count). The average molecular weight is 710 g/mol. The van der Waals surface area contributed by atoms with Gasteiger partial charge in [0.1, 0.15) is 23.9 Å². The Bertz CT molecular complexity index is 1650. The number of ether oxygens (including phenoxy) is 1.